The van der Waals surface area contributed by atoms with Crippen molar-refractivity contribution < 1.29 is 47.8 Å². The zero-order chi connectivity index (χ0) is 39.1. The first kappa shape index (κ1) is 50.7. The SMILES string of the molecule is CC/C=C/C/C=C/C/C=C/C/C=C/CCCCC(=O)O[C@H](COC(=O)CCCCCCC/C=C/CCCCCCCC)COP(=O)(O)OC[C@@H](O)CO. The first-order valence-electron chi connectivity index (χ1n) is 20.2. The number of phosphoric ester groups is 1. The van der Waals surface area contributed by atoms with E-state index >= 15 is 0 Å². The van der Waals surface area contributed by atoms with Crippen molar-refractivity contribution >= 4 is 19.8 Å². The fourth-order valence-corrected chi connectivity index (χ4v) is 5.83. The molecule has 11 heteroatoms. The summed E-state index contributed by atoms with van der Waals surface area (Å²) in [5, 5.41) is 18.3. The van der Waals surface area contributed by atoms with Crippen molar-refractivity contribution in [2.45, 2.75) is 167 Å². The molecule has 0 fully saturated rings. The summed E-state index contributed by atoms with van der Waals surface area (Å²) in [5.74, 6) is -0.988. The molecular weight excluding hydrogens is 695 g/mol. The van der Waals surface area contributed by atoms with E-state index in [1.165, 1.54) is 38.5 Å². The molecule has 0 aromatic rings. The Hall–Kier alpha value is -2.33. The number of hydrogen-bond donors (Lipinski definition) is 3. The Bertz CT molecular complexity index is 1070. The van der Waals surface area contributed by atoms with Crippen LogP contribution in [0.2, 0.25) is 0 Å². The number of rotatable bonds is 37. The molecule has 3 N–H and O–H groups in total. The fourth-order valence-electron chi connectivity index (χ4n) is 5.04. The van der Waals surface area contributed by atoms with Gasteiger partial charge in [0.2, 0.25) is 0 Å². The number of ether oxygens (including phenoxy) is 2. The Labute approximate surface area is 321 Å². The van der Waals surface area contributed by atoms with Crippen molar-refractivity contribution in [1.29, 1.82) is 0 Å². The van der Waals surface area contributed by atoms with Gasteiger partial charge in [-0.05, 0) is 77.0 Å². The van der Waals surface area contributed by atoms with Crippen molar-refractivity contribution in [3.8, 4) is 0 Å². The molecule has 0 amide bonds. The average Bonchev–Trinajstić information content (AvgIpc) is 3.14. The van der Waals surface area contributed by atoms with Crippen LogP contribution in [0.5, 0.6) is 0 Å². The van der Waals surface area contributed by atoms with E-state index in [2.05, 4.69) is 79.1 Å². The van der Waals surface area contributed by atoms with Crippen LogP contribution in [0, 0.1) is 0 Å². The third kappa shape index (κ3) is 37.8. The molecule has 0 aliphatic carbocycles. The van der Waals surface area contributed by atoms with Crippen molar-refractivity contribution in [3.05, 3.63) is 60.8 Å². The lowest BCUT2D eigenvalue weighted by Gasteiger charge is -2.20. The minimum Gasteiger partial charge on any atom is -0.462 e. The molecule has 0 aliphatic heterocycles. The molecule has 306 valence electrons. The monoisotopic (exact) mass is 768 g/mol. The Kier molecular flexibility index (Phi) is 36.3. The lowest BCUT2D eigenvalue weighted by atomic mass is 10.1. The van der Waals surface area contributed by atoms with Crippen LogP contribution >= 0.6 is 7.82 Å². The highest BCUT2D eigenvalue weighted by molar-refractivity contribution is 7.47. The number of aliphatic hydroxyl groups excluding tert-OH is 2. The van der Waals surface area contributed by atoms with Gasteiger partial charge in [0.15, 0.2) is 6.10 Å². The number of allylic oxidation sites excluding steroid dienone is 10. The number of esters is 2. The number of hydrogen-bond acceptors (Lipinski definition) is 9. The minimum atomic E-state index is -4.63. The van der Waals surface area contributed by atoms with E-state index in [1.807, 2.05) is 0 Å². The molecule has 53 heavy (non-hydrogen) atoms. The molecule has 0 aromatic heterocycles. The van der Waals surface area contributed by atoms with Gasteiger partial charge in [-0.2, -0.15) is 0 Å². The number of carbonyl (C=O) groups is 2. The Morgan fingerprint density at radius 2 is 1.04 bits per heavy atom. The van der Waals surface area contributed by atoms with Gasteiger partial charge in [-0.3, -0.25) is 18.6 Å². The maximum Gasteiger partial charge on any atom is 0.472 e. The first-order valence-corrected chi connectivity index (χ1v) is 21.7. The van der Waals surface area contributed by atoms with Crippen LogP contribution in [-0.4, -0.2) is 65.7 Å². The smallest absolute Gasteiger partial charge is 0.462 e. The quantitative estimate of drug-likeness (QED) is 0.0241. The number of aliphatic hydroxyl groups is 2. The Morgan fingerprint density at radius 3 is 1.62 bits per heavy atom. The zero-order valence-electron chi connectivity index (χ0n) is 33.0. The molecule has 0 saturated heterocycles. The standard InChI is InChI=1S/C42H73O10P/c1-3-5-7-9-11-13-15-17-19-21-23-25-27-29-31-33-41(45)49-37-40(38-51-53(47,48)50-36-39(44)35-43)52-42(46)34-32-30-28-26-24-22-20-18-16-14-12-10-8-6-4-2/h6,8,12,14,17-20,24,26,39-40,43-44H,3-5,7,9-11,13,15-16,21-23,25,27-38H2,1-2H3,(H,47,48)/b8-6+,14-12+,19-17+,20-18+,26-24+/t39-,40+/m0/s1. The predicted molar refractivity (Wildman–Crippen MR) is 214 cm³/mol. The van der Waals surface area contributed by atoms with E-state index in [1.54, 1.807) is 0 Å². The van der Waals surface area contributed by atoms with Gasteiger partial charge in [0.05, 0.1) is 19.8 Å². The number of phosphoric acid groups is 1. The minimum absolute atomic E-state index is 0.128. The summed E-state index contributed by atoms with van der Waals surface area (Å²) < 4.78 is 32.6. The Balaban J connectivity index is 4.43. The molecule has 0 aliphatic rings. The van der Waals surface area contributed by atoms with Crippen LogP contribution in [0.3, 0.4) is 0 Å². The van der Waals surface area contributed by atoms with Gasteiger partial charge in [0.25, 0.3) is 0 Å². The van der Waals surface area contributed by atoms with Crippen LogP contribution in [-0.2, 0) is 32.7 Å². The highest BCUT2D eigenvalue weighted by Gasteiger charge is 2.27. The topological polar surface area (TPSA) is 149 Å². The maximum atomic E-state index is 12.6. The molecule has 0 rings (SSSR count). The van der Waals surface area contributed by atoms with Gasteiger partial charge >= 0.3 is 19.8 Å². The molecule has 0 heterocycles. The number of unbranched alkanes of at least 4 members (excludes halogenated alkanes) is 13. The summed E-state index contributed by atoms with van der Waals surface area (Å²) in [4.78, 5) is 34.9. The molecule has 1 unspecified atom stereocenters. The van der Waals surface area contributed by atoms with E-state index in [0.29, 0.717) is 12.8 Å². The van der Waals surface area contributed by atoms with E-state index < -0.39 is 51.8 Å². The third-order valence-electron chi connectivity index (χ3n) is 8.16. The van der Waals surface area contributed by atoms with Crippen molar-refractivity contribution in [1.82, 2.24) is 0 Å². The lowest BCUT2D eigenvalue weighted by molar-refractivity contribution is -0.161. The third-order valence-corrected chi connectivity index (χ3v) is 9.11. The predicted octanol–water partition coefficient (Wildman–Crippen LogP) is 10.3. The maximum absolute atomic E-state index is 12.6. The normalized spacial score (nSPS) is 14.6. The molecule has 0 bridgehead atoms. The summed E-state index contributed by atoms with van der Waals surface area (Å²) in [7, 11) is -4.63. The molecule has 3 atom stereocenters. The van der Waals surface area contributed by atoms with Gasteiger partial charge in [-0.1, -0.05) is 126 Å². The van der Waals surface area contributed by atoms with E-state index in [-0.39, 0.29) is 19.4 Å². The fraction of sp³-hybridized carbons (Fsp3) is 0.714. The van der Waals surface area contributed by atoms with Crippen molar-refractivity contribution in [2.24, 2.45) is 0 Å². The lowest BCUT2D eigenvalue weighted by Crippen LogP contribution is -2.29. The van der Waals surface area contributed by atoms with Crippen LogP contribution in [0.4, 0.5) is 0 Å². The van der Waals surface area contributed by atoms with E-state index in [9.17, 15) is 24.2 Å². The van der Waals surface area contributed by atoms with Crippen LogP contribution < -0.4 is 0 Å². The van der Waals surface area contributed by atoms with E-state index in [4.69, 9.17) is 19.1 Å². The van der Waals surface area contributed by atoms with Gasteiger partial charge < -0.3 is 24.6 Å². The summed E-state index contributed by atoms with van der Waals surface area (Å²) in [5.41, 5.74) is 0. The summed E-state index contributed by atoms with van der Waals surface area (Å²) >= 11 is 0. The molecular formula is C42H73O10P. The summed E-state index contributed by atoms with van der Waals surface area (Å²) in [6, 6.07) is 0. The van der Waals surface area contributed by atoms with Crippen LogP contribution in [0.1, 0.15) is 155 Å². The second kappa shape index (κ2) is 38.0. The van der Waals surface area contributed by atoms with Crippen molar-refractivity contribution in [3.63, 3.8) is 0 Å². The zero-order valence-corrected chi connectivity index (χ0v) is 33.9. The highest BCUT2D eigenvalue weighted by Crippen LogP contribution is 2.43. The van der Waals surface area contributed by atoms with Crippen LogP contribution in [0.15, 0.2) is 60.8 Å². The first-order chi connectivity index (χ1) is 25.7. The molecule has 10 nitrogen and oxygen atoms in total. The highest BCUT2D eigenvalue weighted by atomic mass is 31.2. The van der Waals surface area contributed by atoms with Gasteiger partial charge in [-0.15, -0.1) is 0 Å². The number of carbonyl (C=O) groups excluding carboxylic acids is 2. The molecule has 0 saturated carbocycles. The second-order valence-electron chi connectivity index (χ2n) is 13.3. The van der Waals surface area contributed by atoms with Crippen LogP contribution in [0.25, 0.3) is 0 Å². The average molecular weight is 769 g/mol. The molecule has 0 spiro atoms. The van der Waals surface area contributed by atoms with Gasteiger partial charge in [0.1, 0.15) is 12.7 Å². The Morgan fingerprint density at radius 1 is 0.585 bits per heavy atom. The second-order valence-corrected chi connectivity index (χ2v) is 14.7. The summed E-state index contributed by atoms with van der Waals surface area (Å²) in [6.45, 7) is 2.18. The van der Waals surface area contributed by atoms with Gasteiger partial charge in [-0.25, -0.2) is 4.57 Å². The molecule has 0 radical (unpaired) electrons. The van der Waals surface area contributed by atoms with Crippen molar-refractivity contribution in [2.75, 3.05) is 26.4 Å². The largest absolute Gasteiger partial charge is 0.472 e. The summed E-state index contributed by atoms with van der Waals surface area (Å²) in [6.07, 6.45) is 40.5. The van der Waals surface area contributed by atoms with E-state index in [0.717, 1.165) is 77.0 Å². The van der Waals surface area contributed by atoms with Gasteiger partial charge in [0, 0.05) is 12.8 Å². The molecule has 0 aromatic carbocycles.